The van der Waals surface area contributed by atoms with Crippen LogP contribution in [-0.2, 0) is 0 Å². The Kier molecular flexibility index (Phi) is 4.82. The van der Waals surface area contributed by atoms with E-state index < -0.39 is 11.8 Å². The summed E-state index contributed by atoms with van der Waals surface area (Å²) >= 11 is 0. The third-order valence-corrected chi connectivity index (χ3v) is 4.85. The number of amides is 2. The number of primary amides is 1. The van der Waals surface area contributed by atoms with Gasteiger partial charge in [0, 0.05) is 16.8 Å². The standard InChI is InChI=1S/C24H19N3O3/c25-18-5-3-4-14(12-18)15-8-9-19-16(10-15)11-17(13-20(19)23(26)29)24(30)27-21-6-1-2-7-22(21)28/h1-13,28H,25H2,(H2,26,29)(H,27,30). The van der Waals surface area contributed by atoms with Gasteiger partial charge in [0.25, 0.3) is 5.91 Å². The largest absolute Gasteiger partial charge is 0.506 e. The zero-order valence-corrected chi connectivity index (χ0v) is 15.9. The molecule has 4 aromatic carbocycles. The van der Waals surface area contributed by atoms with Crippen LogP contribution >= 0.6 is 0 Å². The molecule has 0 saturated carbocycles. The molecule has 4 rings (SSSR count). The molecule has 0 fully saturated rings. The van der Waals surface area contributed by atoms with Crippen LogP contribution in [0.4, 0.5) is 11.4 Å². The second-order valence-electron chi connectivity index (χ2n) is 6.92. The van der Waals surface area contributed by atoms with Crippen LogP contribution in [-0.4, -0.2) is 16.9 Å². The molecule has 0 aliphatic heterocycles. The number of rotatable bonds is 4. The van der Waals surface area contributed by atoms with E-state index >= 15 is 0 Å². The highest BCUT2D eigenvalue weighted by atomic mass is 16.3. The molecule has 0 atom stereocenters. The molecule has 6 N–H and O–H groups in total. The first-order valence-electron chi connectivity index (χ1n) is 9.25. The van der Waals surface area contributed by atoms with Gasteiger partial charge in [0.05, 0.1) is 5.69 Å². The van der Waals surface area contributed by atoms with Crippen molar-refractivity contribution in [3.05, 3.63) is 90.0 Å². The molecule has 30 heavy (non-hydrogen) atoms. The van der Waals surface area contributed by atoms with E-state index in [-0.39, 0.29) is 22.6 Å². The number of carbonyl (C=O) groups is 2. The third-order valence-electron chi connectivity index (χ3n) is 4.85. The Hall–Kier alpha value is -4.32. The molecule has 0 aromatic heterocycles. The fourth-order valence-electron chi connectivity index (χ4n) is 3.38. The summed E-state index contributed by atoms with van der Waals surface area (Å²) in [5.41, 5.74) is 14.7. The van der Waals surface area contributed by atoms with Crippen LogP contribution in [0.2, 0.25) is 0 Å². The molecule has 0 unspecified atom stereocenters. The number of anilines is 2. The van der Waals surface area contributed by atoms with Crippen molar-refractivity contribution in [3.63, 3.8) is 0 Å². The number of nitrogens with one attached hydrogen (secondary N) is 1. The maximum atomic E-state index is 12.8. The first kappa shape index (κ1) is 19.0. The number of nitrogens with two attached hydrogens (primary N) is 2. The quantitative estimate of drug-likeness (QED) is 0.306. The van der Waals surface area contributed by atoms with Crippen molar-refractivity contribution in [2.24, 2.45) is 5.73 Å². The van der Waals surface area contributed by atoms with Crippen LogP contribution in [0.3, 0.4) is 0 Å². The summed E-state index contributed by atoms with van der Waals surface area (Å²) in [6.45, 7) is 0. The first-order valence-corrected chi connectivity index (χ1v) is 9.25. The Morgan fingerprint density at radius 3 is 2.33 bits per heavy atom. The van der Waals surface area contributed by atoms with Crippen LogP contribution in [0.5, 0.6) is 5.75 Å². The van der Waals surface area contributed by atoms with Crippen molar-refractivity contribution >= 4 is 34.0 Å². The Morgan fingerprint density at radius 2 is 1.60 bits per heavy atom. The Bertz CT molecular complexity index is 1300. The third kappa shape index (κ3) is 3.66. The molecule has 6 heteroatoms. The molecule has 0 heterocycles. The minimum absolute atomic E-state index is 0.0503. The molecule has 148 valence electrons. The van der Waals surface area contributed by atoms with Crippen molar-refractivity contribution < 1.29 is 14.7 Å². The fourth-order valence-corrected chi connectivity index (χ4v) is 3.38. The number of nitrogen functional groups attached to an aromatic ring is 1. The van der Waals surface area contributed by atoms with E-state index in [1.807, 2.05) is 30.3 Å². The molecule has 0 aliphatic rings. The molecule has 2 amide bonds. The van der Waals surface area contributed by atoms with Crippen molar-refractivity contribution in [1.29, 1.82) is 0 Å². The average molecular weight is 397 g/mol. The van der Waals surface area contributed by atoms with Gasteiger partial charge in [0.1, 0.15) is 5.75 Å². The van der Waals surface area contributed by atoms with Crippen LogP contribution in [0.1, 0.15) is 20.7 Å². The van der Waals surface area contributed by atoms with Crippen LogP contribution in [0.25, 0.3) is 21.9 Å². The summed E-state index contributed by atoms with van der Waals surface area (Å²) in [4.78, 5) is 24.8. The minimum Gasteiger partial charge on any atom is -0.506 e. The molecule has 0 radical (unpaired) electrons. The highest BCUT2D eigenvalue weighted by Gasteiger charge is 2.15. The maximum absolute atomic E-state index is 12.8. The summed E-state index contributed by atoms with van der Waals surface area (Å²) in [5.74, 6) is -1.14. The van der Waals surface area contributed by atoms with Gasteiger partial charge in [-0.3, -0.25) is 9.59 Å². The van der Waals surface area contributed by atoms with E-state index in [1.165, 1.54) is 12.1 Å². The predicted molar refractivity (Wildman–Crippen MR) is 118 cm³/mol. The van der Waals surface area contributed by atoms with Gasteiger partial charge in [-0.2, -0.15) is 0 Å². The number of hydrogen-bond acceptors (Lipinski definition) is 4. The Labute approximate surface area is 172 Å². The average Bonchev–Trinajstić information content (AvgIpc) is 2.74. The molecule has 0 spiro atoms. The van der Waals surface area contributed by atoms with Gasteiger partial charge in [-0.15, -0.1) is 0 Å². The highest BCUT2D eigenvalue weighted by molar-refractivity contribution is 6.13. The number of phenolic OH excluding ortho intramolecular Hbond substituents is 1. The van der Waals surface area contributed by atoms with Crippen LogP contribution in [0, 0.1) is 0 Å². The second kappa shape index (κ2) is 7.60. The summed E-state index contributed by atoms with van der Waals surface area (Å²) < 4.78 is 0. The van der Waals surface area contributed by atoms with Crippen molar-refractivity contribution in [2.75, 3.05) is 11.1 Å². The van der Waals surface area contributed by atoms with Gasteiger partial charge in [0.2, 0.25) is 5.91 Å². The number of phenols is 1. The molecule has 4 aromatic rings. The molecular weight excluding hydrogens is 378 g/mol. The van der Waals surface area contributed by atoms with E-state index in [1.54, 1.807) is 36.4 Å². The highest BCUT2D eigenvalue weighted by Crippen LogP contribution is 2.29. The monoisotopic (exact) mass is 397 g/mol. The van der Waals surface area contributed by atoms with E-state index in [4.69, 9.17) is 11.5 Å². The number of hydrogen-bond donors (Lipinski definition) is 4. The van der Waals surface area contributed by atoms with Crippen molar-refractivity contribution in [3.8, 4) is 16.9 Å². The number of benzene rings is 4. The second-order valence-corrected chi connectivity index (χ2v) is 6.92. The zero-order valence-electron chi connectivity index (χ0n) is 15.9. The molecule has 6 nitrogen and oxygen atoms in total. The van der Waals surface area contributed by atoms with Crippen molar-refractivity contribution in [2.45, 2.75) is 0 Å². The number of fused-ring (bicyclic) bond motifs is 1. The minimum atomic E-state index is -0.631. The van der Waals surface area contributed by atoms with Crippen LogP contribution in [0.15, 0.2) is 78.9 Å². The topological polar surface area (TPSA) is 118 Å². The summed E-state index contributed by atoms with van der Waals surface area (Å²) in [6, 6.07) is 22.6. The van der Waals surface area contributed by atoms with E-state index in [9.17, 15) is 14.7 Å². The van der Waals surface area contributed by atoms with Gasteiger partial charge in [-0.25, -0.2) is 0 Å². The predicted octanol–water partition coefficient (Wildman–Crippen LogP) is 4.15. The SMILES string of the molecule is NC(=O)c1cc(C(=O)Nc2ccccc2O)cc2cc(-c3cccc(N)c3)ccc12. The van der Waals surface area contributed by atoms with Gasteiger partial charge < -0.3 is 21.9 Å². The van der Waals surface area contributed by atoms with Crippen LogP contribution < -0.4 is 16.8 Å². The summed E-state index contributed by atoms with van der Waals surface area (Å²) in [6.07, 6.45) is 0. The molecule has 0 bridgehead atoms. The number of aromatic hydroxyl groups is 1. The van der Waals surface area contributed by atoms with E-state index in [2.05, 4.69) is 5.32 Å². The number of carbonyl (C=O) groups excluding carboxylic acids is 2. The maximum Gasteiger partial charge on any atom is 0.255 e. The lowest BCUT2D eigenvalue weighted by Crippen LogP contribution is -2.16. The summed E-state index contributed by atoms with van der Waals surface area (Å²) in [7, 11) is 0. The van der Waals surface area contributed by atoms with Gasteiger partial charge >= 0.3 is 0 Å². The lowest BCUT2D eigenvalue weighted by atomic mass is 9.95. The van der Waals surface area contributed by atoms with E-state index in [0.29, 0.717) is 16.5 Å². The van der Waals surface area contributed by atoms with E-state index in [0.717, 1.165) is 11.1 Å². The molecule has 0 saturated heterocycles. The lowest BCUT2D eigenvalue weighted by molar-refractivity contribution is 0.100. The van der Waals surface area contributed by atoms with Crippen molar-refractivity contribution in [1.82, 2.24) is 0 Å². The van der Waals surface area contributed by atoms with Gasteiger partial charge in [-0.1, -0.05) is 36.4 Å². The zero-order chi connectivity index (χ0) is 21.3. The Morgan fingerprint density at radius 1 is 0.833 bits per heavy atom. The van der Waals surface area contributed by atoms with Gasteiger partial charge in [0.15, 0.2) is 0 Å². The van der Waals surface area contributed by atoms with Gasteiger partial charge in [-0.05, 0) is 64.4 Å². The number of para-hydroxylation sites is 2. The first-order chi connectivity index (χ1) is 14.4. The molecule has 0 aliphatic carbocycles. The summed E-state index contributed by atoms with van der Waals surface area (Å²) in [5, 5.41) is 13.9. The molecular formula is C24H19N3O3. The smallest absolute Gasteiger partial charge is 0.255 e. The Balaban J connectivity index is 1.81. The lowest BCUT2D eigenvalue weighted by Gasteiger charge is -2.11. The fraction of sp³-hybridized carbons (Fsp3) is 0. The normalized spacial score (nSPS) is 10.7.